The molecule has 0 saturated carbocycles. The molecule has 0 bridgehead atoms. The van der Waals surface area contributed by atoms with Crippen molar-refractivity contribution in [1.82, 2.24) is 0 Å². The summed E-state index contributed by atoms with van der Waals surface area (Å²) in [6.07, 6.45) is 3.09. The standard InChI is InChI=1S/C27H33F2NO6S/c1-4-21-7-5-19-14-20(27(3,28)29)6-9-24(19)30(21)37(33,34)22-8-10-25(23(15-22)26(31)32)36-16-18-11-12-35-17(2)13-18/h6,8-10,14-15,17-18,21H,4-5,7,11-13,16H2,1-3H3,(H,31,32)/p-1. The first-order chi connectivity index (χ1) is 17.4. The van der Waals surface area contributed by atoms with Gasteiger partial charge in [-0.05, 0) is 80.8 Å². The van der Waals surface area contributed by atoms with Gasteiger partial charge in [-0.3, -0.25) is 4.31 Å². The van der Waals surface area contributed by atoms with Gasteiger partial charge in [-0.15, -0.1) is 0 Å². The second kappa shape index (κ2) is 10.6. The quantitative estimate of drug-likeness (QED) is 0.500. The zero-order chi connectivity index (χ0) is 27.0. The fraction of sp³-hybridized carbons (Fsp3) is 0.519. The van der Waals surface area contributed by atoms with Gasteiger partial charge in [0.25, 0.3) is 15.9 Å². The fourth-order valence-electron chi connectivity index (χ4n) is 5.12. The first-order valence-electron chi connectivity index (χ1n) is 12.6. The van der Waals surface area contributed by atoms with Crippen molar-refractivity contribution < 1.29 is 36.6 Å². The smallest absolute Gasteiger partial charge is 0.270 e. The largest absolute Gasteiger partial charge is 0.545 e. The Bertz CT molecular complexity index is 1260. The van der Waals surface area contributed by atoms with Crippen molar-refractivity contribution in [1.29, 1.82) is 0 Å². The molecule has 0 aromatic heterocycles. The van der Waals surface area contributed by atoms with Crippen molar-refractivity contribution in [2.24, 2.45) is 5.92 Å². The number of anilines is 1. The number of nitrogens with zero attached hydrogens (tertiary/aromatic N) is 1. The number of carboxylic acids is 1. The lowest BCUT2D eigenvalue weighted by Gasteiger charge is -2.38. The number of rotatable bonds is 8. The number of halogens is 2. The number of benzene rings is 2. The minimum absolute atomic E-state index is 0.0407. The van der Waals surface area contributed by atoms with Crippen molar-refractivity contribution in [3.8, 4) is 5.75 Å². The van der Waals surface area contributed by atoms with E-state index < -0.39 is 28.0 Å². The molecule has 2 aromatic carbocycles. The molecule has 7 nitrogen and oxygen atoms in total. The van der Waals surface area contributed by atoms with E-state index in [0.29, 0.717) is 37.1 Å². The number of hydrogen-bond donors (Lipinski definition) is 0. The maximum atomic E-state index is 13.9. The van der Waals surface area contributed by atoms with Crippen molar-refractivity contribution in [2.45, 2.75) is 75.8 Å². The third-order valence-corrected chi connectivity index (χ3v) is 9.03. The van der Waals surface area contributed by atoms with Crippen molar-refractivity contribution in [3.05, 3.63) is 53.1 Å². The van der Waals surface area contributed by atoms with Crippen LogP contribution in [-0.4, -0.2) is 39.7 Å². The number of hydrogen-bond acceptors (Lipinski definition) is 6. The Morgan fingerprint density at radius 1 is 1.22 bits per heavy atom. The van der Waals surface area contributed by atoms with Crippen LogP contribution in [0.15, 0.2) is 41.3 Å². The van der Waals surface area contributed by atoms with Crippen LogP contribution in [0.1, 0.15) is 67.9 Å². The molecular weight excluding hydrogens is 504 g/mol. The van der Waals surface area contributed by atoms with E-state index in [1.165, 1.54) is 34.6 Å². The highest BCUT2D eigenvalue weighted by molar-refractivity contribution is 7.92. The van der Waals surface area contributed by atoms with Gasteiger partial charge in [0.2, 0.25) is 0 Å². The summed E-state index contributed by atoms with van der Waals surface area (Å²) in [4.78, 5) is 11.7. The second-order valence-corrected chi connectivity index (χ2v) is 11.8. The van der Waals surface area contributed by atoms with Gasteiger partial charge in [-0.2, -0.15) is 0 Å². The number of carboxylic acid groups (broad SMARTS) is 1. The van der Waals surface area contributed by atoms with Gasteiger partial charge in [-0.1, -0.05) is 13.0 Å². The third-order valence-electron chi connectivity index (χ3n) is 7.17. The Kier molecular flexibility index (Phi) is 7.80. The predicted octanol–water partition coefficient (Wildman–Crippen LogP) is 4.28. The van der Waals surface area contributed by atoms with E-state index in [-0.39, 0.29) is 40.4 Å². The molecule has 0 N–H and O–H groups in total. The van der Waals surface area contributed by atoms with Gasteiger partial charge in [0.15, 0.2) is 0 Å². The highest BCUT2D eigenvalue weighted by atomic mass is 32.2. The van der Waals surface area contributed by atoms with E-state index in [4.69, 9.17) is 9.47 Å². The predicted molar refractivity (Wildman–Crippen MR) is 132 cm³/mol. The van der Waals surface area contributed by atoms with Gasteiger partial charge in [0.05, 0.1) is 29.3 Å². The maximum Gasteiger partial charge on any atom is 0.270 e. The zero-order valence-corrected chi connectivity index (χ0v) is 22.0. The summed E-state index contributed by atoms with van der Waals surface area (Å²) >= 11 is 0. The molecule has 2 aliphatic heterocycles. The van der Waals surface area contributed by atoms with E-state index in [9.17, 15) is 27.1 Å². The molecule has 202 valence electrons. The molecule has 0 radical (unpaired) electrons. The van der Waals surface area contributed by atoms with Crippen LogP contribution in [0.5, 0.6) is 5.75 Å². The number of carbonyl (C=O) groups excluding carboxylic acids is 1. The number of aryl methyl sites for hydroxylation is 1. The minimum atomic E-state index is -4.22. The molecule has 3 unspecified atom stereocenters. The third kappa shape index (κ3) is 5.75. The highest BCUT2D eigenvalue weighted by Gasteiger charge is 2.37. The first-order valence-corrected chi connectivity index (χ1v) is 14.0. The van der Waals surface area contributed by atoms with Gasteiger partial charge >= 0.3 is 0 Å². The first kappa shape index (κ1) is 27.3. The van der Waals surface area contributed by atoms with Crippen molar-refractivity contribution in [3.63, 3.8) is 0 Å². The number of sulfonamides is 1. The van der Waals surface area contributed by atoms with Crippen LogP contribution in [0, 0.1) is 5.92 Å². The summed E-state index contributed by atoms with van der Waals surface area (Å²) < 4.78 is 68.1. The molecule has 2 aliphatic rings. The number of alkyl halides is 2. The Hall–Kier alpha value is -2.72. The fourth-order valence-corrected chi connectivity index (χ4v) is 6.94. The average molecular weight is 537 g/mol. The minimum Gasteiger partial charge on any atom is -0.545 e. The van der Waals surface area contributed by atoms with E-state index in [0.717, 1.165) is 25.8 Å². The van der Waals surface area contributed by atoms with Crippen LogP contribution in [0.25, 0.3) is 0 Å². The summed E-state index contributed by atoms with van der Waals surface area (Å²) in [5, 5.41) is 11.9. The molecule has 2 aromatic rings. The van der Waals surface area contributed by atoms with Crippen LogP contribution in [0.4, 0.5) is 14.5 Å². The summed E-state index contributed by atoms with van der Waals surface area (Å²) in [5.74, 6) is -4.37. The molecule has 1 fully saturated rings. The molecule has 0 spiro atoms. The van der Waals surface area contributed by atoms with Crippen LogP contribution >= 0.6 is 0 Å². The summed E-state index contributed by atoms with van der Waals surface area (Å²) in [6, 6.07) is 7.32. The van der Waals surface area contributed by atoms with E-state index in [1.54, 1.807) is 0 Å². The lowest BCUT2D eigenvalue weighted by Crippen LogP contribution is -2.43. The molecule has 37 heavy (non-hydrogen) atoms. The number of aromatic carboxylic acids is 1. The number of ether oxygens (including phenoxy) is 2. The molecule has 2 heterocycles. The topological polar surface area (TPSA) is 96.0 Å². The van der Waals surface area contributed by atoms with E-state index >= 15 is 0 Å². The van der Waals surface area contributed by atoms with Crippen molar-refractivity contribution in [2.75, 3.05) is 17.5 Å². The molecule has 1 saturated heterocycles. The molecule has 0 aliphatic carbocycles. The lowest BCUT2D eigenvalue weighted by molar-refractivity contribution is -0.255. The summed E-state index contributed by atoms with van der Waals surface area (Å²) in [7, 11) is -4.22. The Morgan fingerprint density at radius 2 is 1.97 bits per heavy atom. The Balaban J connectivity index is 1.67. The van der Waals surface area contributed by atoms with Gasteiger partial charge in [0.1, 0.15) is 5.75 Å². The van der Waals surface area contributed by atoms with E-state index in [1.807, 2.05) is 13.8 Å². The highest BCUT2D eigenvalue weighted by Crippen LogP contribution is 2.40. The second-order valence-electron chi connectivity index (χ2n) is 9.96. The Labute approximate surface area is 216 Å². The van der Waals surface area contributed by atoms with Gasteiger partial charge in [-0.25, -0.2) is 17.2 Å². The van der Waals surface area contributed by atoms with Gasteiger partial charge in [0, 0.05) is 30.7 Å². The normalized spacial score (nSPS) is 22.4. The lowest BCUT2D eigenvalue weighted by atomic mass is 9.94. The molecule has 4 rings (SSSR count). The molecule has 3 atom stereocenters. The van der Waals surface area contributed by atoms with E-state index in [2.05, 4.69) is 0 Å². The maximum absolute atomic E-state index is 13.9. The summed E-state index contributed by atoms with van der Waals surface area (Å²) in [6.45, 7) is 5.51. The monoisotopic (exact) mass is 536 g/mol. The van der Waals surface area contributed by atoms with Crippen LogP contribution in [0.2, 0.25) is 0 Å². The Morgan fingerprint density at radius 3 is 2.62 bits per heavy atom. The zero-order valence-electron chi connectivity index (χ0n) is 21.2. The van der Waals surface area contributed by atoms with Crippen LogP contribution in [-0.2, 0) is 27.1 Å². The SMILES string of the molecule is CCC1CCc2cc(C(C)(F)F)ccc2N1S(=O)(=O)c1ccc(OCC2CCOC(C)C2)c(C(=O)[O-])c1. The van der Waals surface area contributed by atoms with Gasteiger partial charge < -0.3 is 19.4 Å². The molecular formula is C27H32F2NO6S-. The molecule has 0 amide bonds. The number of carbonyl (C=O) groups is 1. The average Bonchev–Trinajstić information content (AvgIpc) is 2.85. The van der Waals surface area contributed by atoms with Crippen LogP contribution < -0.4 is 14.1 Å². The number of fused-ring (bicyclic) bond motifs is 1. The summed E-state index contributed by atoms with van der Waals surface area (Å²) in [5.41, 5.74) is 0.304. The van der Waals surface area contributed by atoms with Crippen molar-refractivity contribution >= 4 is 21.7 Å². The van der Waals surface area contributed by atoms with Crippen LogP contribution in [0.3, 0.4) is 0 Å². The molecule has 10 heteroatoms.